The number of aryl methyl sites for hydroxylation is 3. The molecule has 0 unspecified atom stereocenters. The van der Waals surface area contributed by atoms with Crippen LogP contribution in [0.4, 0.5) is 5.82 Å². The average Bonchev–Trinajstić information content (AvgIpc) is 3.03. The summed E-state index contributed by atoms with van der Waals surface area (Å²) in [5.41, 5.74) is 2.23. The van der Waals surface area contributed by atoms with Gasteiger partial charge in [-0.05, 0) is 39.4 Å². The number of likely N-dealkylation sites (tertiary alicyclic amines) is 1. The Morgan fingerprint density at radius 1 is 1.23 bits per heavy atom. The van der Waals surface area contributed by atoms with Crippen LogP contribution in [0.1, 0.15) is 24.4 Å². The Bertz CT molecular complexity index is 887. The van der Waals surface area contributed by atoms with Crippen LogP contribution >= 0.6 is 0 Å². The summed E-state index contributed by atoms with van der Waals surface area (Å²) in [7, 11) is 2.18. The Morgan fingerprint density at radius 3 is 3.00 bits per heavy atom. The highest BCUT2D eigenvalue weighted by atomic mass is 15.3. The number of rotatable bonds is 5. The second-order valence-electron chi connectivity index (χ2n) is 7.21. The third-order valence-corrected chi connectivity index (χ3v) is 5.00. The fourth-order valence-corrected chi connectivity index (χ4v) is 3.75. The minimum atomic E-state index is 0.464. The van der Waals surface area contributed by atoms with Gasteiger partial charge in [0.2, 0.25) is 0 Å². The fraction of sp³-hybridized carbons (Fsp3) is 0.450. The lowest BCUT2D eigenvalue weighted by Gasteiger charge is -2.30. The van der Waals surface area contributed by atoms with Gasteiger partial charge in [-0.25, -0.2) is 9.97 Å². The smallest absolute Gasteiger partial charge is 0.130 e. The number of nitrogens with one attached hydrogen (secondary N) is 1. The number of para-hydroxylation sites is 1. The van der Waals surface area contributed by atoms with Crippen LogP contribution in [-0.4, -0.2) is 50.8 Å². The van der Waals surface area contributed by atoms with E-state index in [-0.39, 0.29) is 0 Å². The van der Waals surface area contributed by atoms with Crippen molar-refractivity contribution in [1.82, 2.24) is 24.6 Å². The summed E-state index contributed by atoms with van der Waals surface area (Å²) in [5.74, 6) is 1.76. The van der Waals surface area contributed by atoms with Gasteiger partial charge in [-0.1, -0.05) is 18.2 Å². The van der Waals surface area contributed by atoms with Crippen molar-refractivity contribution in [3.63, 3.8) is 0 Å². The van der Waals surface area contributed by atoms with Crippen molar-refractivity contribution in [3.8, 4) is 0 Å². The average molecular weight is 350 g/mol. The van der Waals surface area contributed by atoms with Gasteiger partial charge in [0.25, 0.3) is 0 Å². The molecule has 0 amide bonds. The van der Waals surface area contributed by atoms with Crippen LogP contribution < -0.4 is 5.32 Å². The minimum absolute atomic E-state index is 0.464. The van der Waals surface area contributed by atoms with Gasteiger partial charge in [-0.2, -0.15) is 5.10 Å². The highest BCUT2D eigenvalue weighted by Crippen LogP contribution is 2.16. The summed E-state index contributed by atoms with van der Waals surface area (Å²) in [6.07, 6.45) is 5.20. The molecule has 1 atom stereocenters. The molecule has 1 aliphatic heterocycles. The van der Waals surface area contributed by atoms with E-state index in [2.05, 4.69) is 61.3 Å². The molecule has 1 aliphatic rings. The number of aromatic nitrogens is 4. The standard InChI is InChI=1S/C20H26N6/c1-15-22-17(9-11-26-19-8-4-3-6-16(19)13-21-26)12-20(23-15)24-18-7-5-10-25(2)14-18/h3-4,6,8,12-13,18H,5,7,9-11,14H2,1-2H3,(H,22,23,24)/t18-/m0/s1. The normalized spacial score (nSPS) is 18.3. The van der Waals surface area contributed by atoms with E-state index < -0.39 is 0 Å². The molecule has 3 aromatic rings. The fourth-order valence-electron chi connectivity index (χ4n) is 3.75. The number of likely N-dealkylation sites (N-methyl/N-ethyl adjacent to an activating group) is 1. The van der Waals surface area contributed by atoms with E-state index in [1.54, 1.807) is 0 Å². The summed E-state index contributed by atoms with van der Waals surface area (Å²) in [4.78, 5) is 11.6. The van der Waals surface area contributed by atoms with E-state index in [0.29, 0.717) is 6.04 Å². The van der Waals surface area contributed by atoms with Crippen LogP contribution in [0.2, 0.25) is 0 Å². The Balaban J connectivity index is 1.45. The molecule has 0 aliphatic carbocycles. The lowest BCUT2D eigenvalue weighted by atomic mass is 10.1. The monoisotopic (exact) mass is 350 g/mol. The van der Waals surface area contributed by atoms with Crippen LogP contribution in [0, 0.1) is 6.92 Å². The van der Waals surface area contributed by atoms with Gasteiger partial charge in [-0.15, -0.1) is 0 Å². The molecule has 1 N–H and O–H groups in total. The zero-order valence-electron chi connectivity index (χ0n) is 15.5. The quantitative estimate of drug-likeness (QED) is 0.767. The number of hydrogen-bond donors (Lipinski definition) is 1. The van der Waals surface area contributed by atoms with E-state index in [1.165, 1.54) is 30.3 Å². The van der Waals surface area contributed by atoms with Crippen molar-refractivity contribution >= 4 is 16.7 Å². The Kier molecular flexibility index (Phi) is 4.84. The van der Waals surface area contributed by atoms with E-state index in [4.69, 9.17) is 0 Å². The third-order valence-electron chi connectivity index (χ3n) is 5.00. The number of hydrogen-bond acceptors (Lipinski definition) is 5. The molecule has 0 spiro atoms. The third kappa shape index (κ3) is 3.85. The predicted octanol–water partition coefficient (Wildman–Crippen LogP) is 2.88. The van der Waals surface area contributed by atoms with Crippen LogP contribution in [0.25, 0.3) is 10.9 Å². The van der Waals surface area contributed by atoms with Gasteiger partial charge >= 0.3 is 0 Å². The molecular formula is C20H26N6. The number of piperidine rings is 1. The van der Waals surface area contributed by atoms with Crippen LogP contribution in [-0.2, 0) is 13.0 Å². The Morgan fingerprint density at radius 2 is 2.12 bits per heavy atom. The first kappa shape index (κ1) is 17.0. The molecule has 6 nitrogen and oxygen atoms in total. The van der Waals surface area contributed by atoms with E-state index >= 15 is 0 Å². The lowest BCUT2D eigenvalue weighted by molar-refractivity contribution is 0.260. The van der Waals surface area contributed by atoms with Crippen molar-refractivity contribution < 1.29 is 0 Å². The Labute approximate surface area is 154 Å². The maximum atomic E-state index is 4.62. The first-order valence-electron chi connectivity index (χ1n) is 9.37. The molecule has 3 heterocycles. The molecule has 1 aromatic carbocycles. The molecule has 4 rings (SSSR count). The molecule has 0 radical (unpaired) electrons. The van der Waals surface area contributed by atoms with E-state index in [9.17, 15) is 0 Å². The lowest BCUT2D eigenvalue weighted by Crippen LogP contribution is -2.40. The molecule has 0 bridgehead atoms. The molecule has 136 valence electrons. The zero-order chi connectivity index (χ0) is 17.9. The zero-order valence-corrected chi connectivity index (χ0v) is 15.5. The molecule has 0 saturated carbocycles. The molecule has 1 fully saturated rings. The van der Waals surface area contributed by atoms with Crippen LogP contribution in [0.15, 0.2) is 36.5 Å². The summed E-state index contributed by atoms with van der Waals surface area (Å²) in [5, 5.41) is 9.29. The van der Waals surface area contributed by atoms with Crippen molar-refractivity contribution in [3.05, 3.63) is 48.0 Å². The number of fused-ring (bicyclic) bond motifs is 1. The van der Waals surface area contributed by atoms with Gasteiger partial charge in [0.15, 0.2) is 0 Å². The van der Waals surface area contributed by atoms with E-state index in [1.807, 2.05) is 19.2 Å². The summed E-state index contributed by atoms with van der Waals surface area (Å²) in [6.45, 7) is 5.03. The SMILES string of the molecule is Cc1nc(CCn2ncc3ccccc32)cc(N[C@H]2CCCN(C)C2)n1. The van der Waals surface area contributed by atoms with E-state index in [0.717, 1.165) is 36.8 Å². The van der Waals surface area contributed by atoms with Crippen molar-refractivity contribution in [2.75, 3.05) is 25.5 Å². The molecule has 2 aromatic heterocycles. The number of nitrogens with zero attached hydrogens (tertiary/aromatic N) is 5. The van der Waals surface area contributed by atoms with Crippen molar-refractivity contribution in [2.45, 2.75) is 38.8 Å². The van der Waals surface area contributed by atoms with Gasteiger partial charge in [0, 0.05) is 42.7 Å². The van der Waals surface area contributed by atoms with Gasteiger partial charge in [0.05, 0.1) is 11.7 Å². The van der Waals surface area contributed by atoms with Crippen LogP contribution in [0.5, 0.6) is 0 Å². The second kappa shape index (κ2) is 7.41. The van der Waals surface area contributed by atoms with Crippen molar-refractivity contribution in [2.24, 2.45) is 0 Å². The van der Waals surface area contributed by atoms with Gasteiger partial charge in [-0.3, -0.25) is 4.68 Å². The highest BCUT2D eigenvalue weighted by Gasteiger charge is 2.17. The van der Waals surface area contributed by atoms with Gasteiger partial charge in [0.1, 0.15) is 11.6 Å². The highest BCUT2D eigenvalue weighted by molar-refractivity contribution is 5.78. The van der Waals surface area contributed by atoms with Gasteiger partial charge < -0.3 is 10.2 Å². The summed E-state index contributed by atoms with van der Waals surface area (Å²) >= 11 is 0. The topological polar surface area (TPSA) is 58.9 Å². The molecule has 1 saturated heterocycles. The number of benzene rings is 1. The molecule has 26 heavy (non-hydrogen) atoms. The van der Waals surface area contributed by atoms with Crippen molar-refractivity contribution in [1.29, 1.82) is 0 Å². The largest absolute Gasteiger partial charge is 0.366 e. The predicted molar refractivity (Wildman–Crippen MR) is 104 cm³/mol. The first-order chi connectivity index (χ1) is 12.7. The van der Waals surface area contributed by atoms with Crippen LogP contribution in [0.3, 0.4) is 0 Å². The second-order valence-corrected chi connectivity index (χ2v) is 7.21. The molecular weight excluding hydrogens is 324 g/mol. The maximum absolute atomic E-state index is 4.62. The maximum Gasteiger partial charge on any atom is 0.130 e. The Hall–Kier alpha value is -2.47. The first-order valence-corrected chi connectivity index (χ1v) is 9.37. The minimum Gasteiger partial charge on any atom is -0.366 e. The number of anilines is 1. The summed E-state index contributed by atoms with van der Waals surface area (Å²) < 4.78 is 2.05. The summed E-state index contributed by atoms with van der Waals surface area (Å²) in [6, 6.07) is 10.9. The molecule has 6 heteroatoms.